The van der Waals surface area contributed by atoms with Crippen molar-refractivity contribution in [3.05, 3.63) is 24.3 Å². The molecule has 2 unspecified atom stereocenters. The van der Waals surface area contributed by atoms with Gasteiger partial charge in [-0.05, 0) is 39.8 Å². The molecule has 6 nitrogen and oxygen atoms in total. The molecule has 0 saturated carbocycles. The van der Waals surface area contributed by atoms with Crippen LogP contribution in [0.5, 0.6) is 5.75 Å². The van der Waals surface area contributed by atoms with Crippen LogP contribution in [0.25, 0.3) is 0 Å². The Morgan fingerprint density at radius 3 is 2.48 bits per heavy atom. The molecule has 0 radical (unpaired) electrons. The van der Waals surface area contributed by atoms with Gasteiger partial charge in [0.2, 0.25) is 0 Å². The number of likely N-dealkylation sites (N-methyl/N-ethyl adjacent to an activating group) is 1. The van der Waals surface area contributed by atoms with E-state index in [0.29, 0.717) is 6.54 Å². The molecule has 0 aliphatic rings. The van der Waals surface area contributed by atoms with Gasteiger partial charge in [-0.25, -0.2) is 4.79 Å². The first-order valence-electron chi connectivity index (χ1n) is 7.75. The summed E-state index contributed by atoms with van der Waals surface area (Å²) in [6.45, 7) is 7.79. The molecule has 0 spiro atoms. The fourth-order valence-corrected chi connectivity index (χ4v) is 2.39. The number of nitrogens with zero attached hydrogens (tertiary/aromatic N) is 1. The number of nitrogens with two attached hydrogens (primary N) is 1. The Bertz CT molecular complexity index is 514. The zero-order valence-electron chi connectivity index (χ0n) is 14.9. The van der Waals surface area contributed by atoms with Crippen LogP contribution in [-0.4, -0.2) is 44.5 Å². The molecule has 2 atom stereocenters. The third-order valence-electron chi connectivity index (χ3n) is 3.53. The fraction of sp³-hybridized carbons (Fsp3) is 0.588. The van der Waals surface area contributed by atoms with Crippen LogP contribution < -0.4 is 20.7 Å². The SMILES string of the molecule is COc1ccccc1N(C)C(CN)C(C)NC(=O)OC(C)(C)C. The van der Waals surface area contributed by atoms with Gasteiger partial charge in [-0.3, -0.25) is 0 Å². The molecule has 23 heavy (non-hydrogen) atoms. The second kappa shape index (κ2) is 8.06. The number of anilines is 1. The van der Waals surface area contributed by atoms with E-state index in [9.17, 15) is 4.79 Å². The number of para-hydroxylation sites is 2. The lowest BCUT2D eigenvalue weighted by Gasteiger charge is -2.35. The van der Waals surface area contributed by atoms with Crippen LogP contribution in [0.1, 0.15) is 27.7 Å². The molecule has 1 amide bonds. The average Bonchev–Trinajstić information content (AvgIpc) is 2.45. The lowest BCUT2D eigenvalue weighted by molar-refractivity contribution is 0.0502. The summed E-state index contributed by atoms with van der Waals surface area (Å²) in [4.78, 5) is 14.0. The highest BCUT2D eigenvalue weighted by Gasteiger charge is 2.26. The maximum atomic E-state index is 12.0. The highest BCUT2D eigenvalue weighted by Crippen LogP contribution is 2.28. The second-order valence-corrected chi connectivity index (χ2v) is 6.52. The third kappa shape index (κ3) is 5.63. The molecule has 6 heteroatoms. The summed E-state index contributed by atoms with van der Waals surface area (Å²) in [6, 6.07) is 7.42. The van der Waals surface area contributed by atoms with Crippen molar-refractivity contribution in [2.45, 2.75) is 45.4 Å². The molecular formula is C17H29N3O3. The van der Waals surface area contributed by atoms with E-state index < -0.39 is 11.7 Å². The standard InChI is InChI=1S/C17H29N3O3/c1-12(19-16(21)23-17(2,3)4)14(11-18)20(5)13-9-7-8-10-15(13)22-6/h7-10,12,14H,11,18H2,1-6H3,(H,19,21). The van der Waals surface area contributed by atoms with Crippen molar-refractivity contribution in [1.82, 2.24) is 5.32 Å². The Morgan fingerprint density at radius 2 is 1.96 bits per heavy atom. The molecule has 0 heterocycles. The van der Waals surface area contributed by atoms with Crippen LogP contribution in [0.4, 0.5) is 10.5 Å². The van der Waals surface area contributed by atoms with Gasteiger partial charge in [-0.15, -0.1) is 0 Å². The van der Waals surface area contributed by atoms with E-state index in [1.54, 1.807) is 7.11 Å². The Kier molecular flexibility index (Phi) is 6.69. The summed E-state index contributed by atoms with van der Waals surface area (Å²) in [7, 11) is 3.56. The zero-order chi connectivity index (χ0) is 17.6. The number of carbonyl (C=O) groups is 1. The smallest absolute Gasteiger partial charge is 0.407 e. The van der Waals surface area contributed by atoms with Crippen molar-refractivity contribution < 1.29 is 14.3 Å². The number of amides is 1. The van der Waals surface area contributed by atoms with Crippen molar-refractivity contribution in [2.24, 2.45) is 5.73 Å². The van der Waals surface area contributed by atoms with Gasteiger partial charge in [0.25, 0.3) is 0 Å². The first-order chi connectivity index (χ1) is 10.7. The average molecular weight is 323 g/mol. The molecule has 0 bridgehead atoms. The number of benzene rings is 1. The highest BCUT2D eigenvalue weighted by atomic mass is 16.6. The number of carbonyl (C=O) groups excluding carboxylic acids is 1. The van der Waals surface area contributed by atoms with E-state index >= 15 is 0 Å². The number of alkyl carbamates (subject to hydrolysis) is 1. The maximum absolute atomic E-state index is 12.0. The van der Waals surface area contributed by atoms with Gasteiger partial charge in [-0.1, -0.05) is 12.1 Å². The van der Waals surface area contributed by atoms with E-state index in [4.69, 9.17) is 15.2 Å². The van der Waals surface area contributed by atoms with Crippen molar-refractivity contribution in [2.75, 3.05) is 25.6 Å². The van der Waals surface area contributed by atoms with Crippen LogP contribution >= 0.6 is 0 Å². The van der Waals surface area contributed by atoms with Crippen LogP contribution in [-0.2, 0) is 4.74 Å². The third-order valence-corrected chi connectivity index (χ3v) is 3.53. The quantitative estimate of drug-likeness (QED) is 0.840. The molecule has 0 saturated heterocycles. The van der Waals surface area contributed by atoms with E-state index in [0.717, 1.165) is 11.4 Å². The number of ether oxygens (including phenoxy) is 2. The first-order valence-corrected chi connectivity index (χ1v) is 7.75. The molecule has 0 aliphatic heterocycles. The second-order valence-electron chi connectivity index (χ2n) is 6.52. The molecule has 3 N–H and O–H groups in total. The first kappa shape index (κ1) is 19.1. The Labute approximate surface area is 138 Å². The number of nitrogens with one attached hydrogen (secondary N) is 1. The molecule has 1 rings (SSSR count). The number of rotatable bonds is 6. The summed E-state index contributed by atoms with van der Waals surface area (Å²) in [5.41, 5.74) is 6.32. The van der Waals surface area contributed by atoms with Gasteiger partial charge in [0.05, 0.1) is 24.9 Å². The van der Waals surface area contributed by atoms with Gasteiger partial charge in [-0.2, -0.15) is 0 Å². The minimum absolute atomic E-state index is 0.0983. The van der Waals surface area contributed by atoms with Crippen molar-refractivity contribution in [1.29, 1.82) is 0 Å². The Balaban J connectivity index is 2.84. The predicted octanol–water partition coefficient (Wildman–Crippen LogP) is 2.37. The summed E-state index contributed by atoms with van der Waals surface area (Å²) >= 11 is 0. The highest BCUT2D eigenvalue weighted by molar-refractivity contribution is 5.68. The Morgan fingerprint density at radius 1 is 1.35 bits per heavy atom. The Hall–Kier alpha value is -1.95. The van der Waals surface area contributed by atoms with Crippen LogP contribution in [0, 0.1) is 0 Å². The monoisotopic (exact) mass is 323 g/mol. The van der Waals surface area contributed by atoms with Gasteiger partial charge in [0.1, 0.15) is 11.4 Å². The van der Waals surface area contributed by atoms with Gasteiger partial charge in [0.15, 0.2) is 0 Å². The van der Waals surface area contributed by atoms with Crippen molar-refractivity contribution in [3.8, 4) is 5.75 Å². The predicted molar refractivity (Wildman–Crippen MR) is 93.1 cm³/mol. The van der Waals surface area contributed by atoms with Gasteiger partial charge >= 0.3 is 6.09 Å². The minimum Gasteiger partial charge on any atom is -0.495 e. The largest absolute Gasteiger partial charge is 0.495 e. The van der Waals surface area contributed by atoms with E-state index in [2.05, 4.69) is 5.32 Å². The molecule has 0 fully saturated rings. The number of hydrogen-bond donors (Lipinski definition) is 2. The van der Waals surface area contributed by atoms with Crippen LogP contribution in [0.15, 0.2) is 24.3 Å². The summed E-state index contributed by atoms with van der Waals surface area (Å²) < 4.78 is 10.7. The summed E-state index contributed by atoms with van der Waals surface area (Å²) in [5.74, 6) is 0.762. The molecule has 1 aromatic rings. The molecule has 1 aromatic carbocycles. The molecular weight excluding hydrogens is 294 g/mol. The topological polar surface area (TPSA) is 76.8 Å². The van der Waals surface area contributed by atoms with E-state index in [1.165, 1.54) is 0 Å². The van der Waals surface area contributed by atoms with Gasteiger partial charge < -0.3 is 25.4 Å². The zero-order valence-corrected chi connectivity index (χ0v) is 14.9. The summed E-state index contributed by atoms with van der Waals surface area (Å²) in [6.07, 6.45) is -0.447. The van der Waals surface area contributed by atoms with Crippen LogP contribution in [0.2, 0.25) is 0 Å². The van der Waals surface area contributed by atoms with E-state index in [-0.39, 0.29) is 12.1 Å². The number of methoxy groups -OCH3 is 1. The normalized spacial score (nSPS) is 13.9. The van der Waals surface area contributed by atoms with Crippen molar-refractivity contribution >= 4 is 11.8 Å². The maximum Gasteiger partial charge on any atom is 0.407 e. The van der Waals surface area contributed by atoms with Gasteiger partial charge in [0, 0.05) is 13.6 Å². The molecule has 0 aromatic heterocycles. The number of hydrogen-bond acceptors (Lipinski definition) is 5. The molecule has 0 aliphatic carbocycles. The lowest BCUT2D eigenvalue weighted by Crippen LogP contribution is -2.53. The summed E-state index contributed by atoms with van der Waals surface area (Å²) in [5, 5.41) is 2.85. The van der Waals surface area contributed by atoms with E-state index in [1.807, 2.05) is 63.9 Å². The molecule has 130 valence electrons. The van der Waals surface area contributed by atoms with Crippen LogP contribution in [0.3, 0.4) is 0 Å². The van der Waals surface area contributed by atoms with Crippen molar-refractivity contribution in [3.63, 3.8) is 0 Å². The fourth-order valence-electron chi connectivity index (χ4n) is 2.39. The minimum atomic E-state index is -0.531. The lowest BCUT2D eigenvalue weighted by atomic mass is 10.1.